The molecule has 0 radical (unpaired) electrons. The predicted molar refractivity (Wildman–Crippen MR) is 80.5 cm³/mol. The molecule has 3 heteroatoms. The molecule has 1 N–H and O–H groups in total. The second-order valence-electron chi connectivity index (χ2n) is 6.59. The quantitative estimate of drug-likeness (QED) is 0.801. The highest BCUT2D eigenvalue weighted by Crippen LogP contribution is 2.21. The molecule has 0 bridgehead atoms. The Morgan fingerprint density at radius 1 is 1.26 bits per heavy atom. The molecule has 0 aromatic carbocycles. The van der Waals surface area contributed by atoms with E-state index >= 15 is 0 Å². The van der Waals surface area contributed by atoms with Gasteiger partial charge in [0.05, 0.1) is 12.7 Å². The molecule has 2 fully saturated rings. The third kappa shape index (κ3) is 4.44. The number of piperazine rings is 1. The monoisotopic (exact) mass is 268 g/mol. The first kappa shape index (κ1) is 15.3. The minimum Gasteiger partial charge on any atom is -0.377 e. The van der Waals surface area contributed by atoms with Crippen molar-refractivity contribution in [2.45, 2.75) is 71.1 Å². The third-order valence-corrected chi connectivity index (χ3v) is 4.87. The Labute approximate surface area is 119 Å². The van der Waals surface area contributed by atoms with Gasteiger partial charge in [-0.15, -0.1) is 0 Å². The van der Waals surface area contributed by atoms with Crippen molar-refractivity contribution in [2.24, 2.45) is 5.92 Å². The van der Waals surface area contributed by atoms with Crippen LogP contribution in [0.5, 0.6) is 0 Å². The van der Waals surface area contributed by atoms with E-state index in [0.29, 0.717) is 18.2 Å². The predicted octanol–water partition coefficient (Wildman–Crippen LogP) is 2.65. The van der Waals surface area contributed by atoms with E-state index in [-0.39, 0.29) is 0 Å². The van der Waals surface area contributed by atoms with Crippen LogP contribution >= 0.6 is 0 Å². The van der Waals surface area contributed by atoms with Gasteiger partial charge in [-0.05, 0) is 25.2 Å². The van der Waals surface area contributed by atoms with Crippen molar-refractivity contribution in [2.75, 3.05) is 26.2 Å². The van der Waals surface area contributed by atoms with E-state index in [1.54, 1.807) is 0 Å². The fraction of sp³-hybridized carbons (Fsp3) is 1.00. The summed E-state index contributed by atoms with van der Waals surface area (Å²) in [5.41, 5.74) is 0. The maximum absolute atomic E-state index is 6.03. The molecule has 1 saturated carbocycles. The summed E-state index contributed by atoms with van der Waals surface area (Å²) in [6.07, 6.45) is 7.10. The summed E-state index contributed by atoms with van der Waals surface area (Å²) in [6.45, 7) is 11.3. The summed E-state index contributed by atoms with van der Waals surface area (Å²) in [6, 6.07) is 1.34. The molecule has 2 rings (SSSR count). The molecule has 2 unspecified atom stereocenters. The SMILES string of the molecule is CCC1CNC(C(C)C)CN1CCOC1CCCC1. The normalized spacial score (nSPS) is 30.3. The number of nitrogens with zero attached hydrogens (tertiary/aromatic N) is 1. The number of ether oxygens (including phenoxy) is 1. The van der Waals surface area contributed by atoms with Gasteiger partial charge < -0.3 is 10.1 Å². The van der Waals surface area contributed by atoms with E-state index in [4.69, 9.17) is 4.74 Å². The van der Waals surface area contributed by atoms with Crippen molar-refractivity contribution >= 4 is 0 Å². The minimum atomic E-state index is 0.559. The Bertz CT molecular complexity index is 251. The lowest BCUT2D eigenvalue weighted by atomic mass is 9.98. The van der Waals surface area contributed by atoms with E-state index in [2.05, 4.69) is 31.0 Å². The molecule has 19 heavy (non-hydrogen) atoms. The fourth-order valence-corrected chi connectivity index (χ4v) is 3.40. The molecule has 112 valence electrons. The van der Waals surface area contributed by atoms with Crippen LogP contribution in [0.1, 0.15) is 52.9 Å². The molecular weight excluding hydrogens is 236 g/mol. The molecule has 0 aromatic rings. The summed E-state index contributed by atoms with van der Waals surface area (Å²) in [7, 11) is 0. The number of hydrogen-bond donors (Lipinski definition) is 1. The van der Waals surface area contributed by atoms with Crippen LogP contribution < -0.4 is 5.32 Å². The molecule has 2 aliphatic rings. The van der Waals surface area contributed by atoms with Gasteiger partial charge in [0.2, 0.25) is 0 Å². The Morgan fingerprint density at radius 3 is 2.63 bits per heavy atom. The van der Waals surface area contributed by atoms with Gasteiger partial charge in [-0.3, -0.25) is 4.90 Å². The molecule has 1 aliphatic carbocycles. The van der Waals surface area contributed by atoms with Crippen LogP contribution in [0.15, 0.2) is 0 Å². The largest absolute Gasteiger partial charge is 0.377 e. The van der Waals surface area contributed by atoms with Crippen molar-refractivity contribution in [3.05, 3.63) is 0 Å². The van der Waals surface area contributed by atoms with Crippen LogP contribution in [-0.2, 0) is 4.74 Å². The first-order chi connectivity index (χ1) is 9.20. The van der Waals surface area contributed by atoms with Crippen molar-refractivity contribution < 1.29 is 4.74 Å². The highest BCUT2D eigenvalue weighted by molar-refractivity contribution is 4.86. The number of nitrogens with one attached hydrogen (secondary N) is 1. The average Bonchev–Trinajstić information content (AvgIpc) is 2.91. The van der Waals surface area contributed by atoms with Gasteiger partial charge in [0, 0.05) is 31.7 Å². The zero-order valence-corrected chi connectivity index (χ0v) is 13.0. The smallest absolute Gasteiger partial charge is 0.0597 e. The Kier molecular flexibility index (Phi) is 6.11. The molecular formula is C16H32N2O. The van der Waals surface area contributed by atoms with Crippen LogP contribution in [0.4, 0.5) is 0 Å². The van der Waals surface area contributed by atoms with Crippen LogP contribution in [0.3, 0.4) is 0 Å². The number of hydrogen-bond acceptors (Lipinski definition) is 3. The van der Waals surface area contributed by atoms with Gasteiger partial charge in [-0.25, -0.2) is 0 Å². The molecule has 3 nitrogen and oxygen atoms in total. The summed E-state index contributed by atoms with van der Waals surface area (Å²) < 4.78 is 6.03. The molecule has 1 aliphatic heterocycles. The summed E-state index contributed by atoms with van der Waals surface area (Å²) in [4.78, 5) is 2.65. The number of rotatable bonds is 6. The van der Waals surface area contributed by atoms with Crippen LogP contribution in [0.2, 0.25) is 0 Å². The molecule has 1 heterocycles. The van der Waals surface area contributed by atoms with Gasteiger partial charge >= 0.3 is 0 Å². The van der Waals surface area contributed by atoms with E-state index in [1.807, 2.05) is 0 Å². The van der Waals surface area contributed by atoms with Crippen LogP contribution in [0, 0.1) is 5.92 Å². The zero-order valence-electron chi connectivity index (χ0n) is 13.0. The van der Waals surface area contributed by atoms with Crippen LogP contribution in [0.25, 0.3) is 0 Å². The lowest BCUT2D eigenvalue weighted by molar-refractivity contribution is 0.0204. The van der Waals surface area contributed by atoms with Crippen molar-refractivity contribution in [1.82, 2.24) is 10.2 Å². The highest BCUT2D eigenvalue weighted by Gasteiger charge is 2.28. The van der Waals surface area contributed by atoms with Gasteiger partial charge in [0.15, 0.2) is 0 Å². The van der Waals surface area contributed by atoms with Crippen molar-refractivity contribution in [3.8, 4) is 0 Å². The second kappa shape index (κ2) is 7.61. The summed E-state index contributed by atoms with van der Waals surface area (Å²) in [5, 5.41) is 3.70. The van der Waals surface area contributed by atoms with Crippen molar-refractivity contribution in [3.63, 3.8) is 0 Å². The Morgan fingerprint density at radius 2 is 2.00 bits per heavy atom. The lowest BCUT2D eigenvalue weighted by Gasteiger charge is -2.41. The average molecular weight is 268 g/mol. The maximum Gasteiger partial charge on any atom is 0.0597 e. The van der Waals surface area contributed by atoms with Crippen LogP contribution in [-0.4, -0.2) is 49.3 Å². The van der Waals surface area contributed by atoms with Gasteiger partial charge in [-0.1, -0.05) is 33.6 Å². The highest BCUT2D eigenvalue weighted by atomic mass is 16.5. The fourth-order valence-electron chi connectivity index (χ4n) is 3.40. The minimum absolute atomic E-state index is 0.559. The first-order valence-electron chi connectivity index (χ1n) is 8.29. The van der Waals surface area contributed by atoms with E-state index in [9.17, 15) is 0 Å². The standard InChI is InChI=1S/C16H32N2O/c1-4-14-11-17-16(13(2)3)12-18(14)9-10-19-15-7-5-6-8-15/h13-17H,4-12H2,1-3H3. The van der Waals surface area contributed by atoms with Gasteiger partial charge in [0.25, 0.3) is 0 Å². The molecule has 0 spiro atoms. The second-order valence-corrected chi connectivity index (χ2v) is 6.59. The summed E-state index contributed by atoms with van der Waals surface area (Å²) >= 11 is 0. The molecule has 0 amide bonds. The van der Waals surface area contributed by atoms with Gasteiger partial charge in [0.1, 0.15) is 0 Å². The topological polar surface area (TPSA) is 24.5 Å². The summed E-state index contributed by atoms with van der Waals surface area (Å²) in [5.74, 6) is 0.719. The molecule has 1 saturated heterocycles. The zero-order chi connectivity index (χ0) is 13.7. The third-order valence-electron chi connectivity index (χ3n) is 4.87. The Hall–Kier alpha value is -0.120. The van der Waals surface area contributed by atoms with E-state index < -0.39 is 0 Å². The first-order valence-corrected chi connectivity index (χ1v) is 8.29. The van der Waals surface area contributed by atoms with Crippen molar-refractivity contribution in [1.29, 1.82) is 0 Å². The molecule has 0 aromatic heterocycles. The van der Waals surface area contributed by atoms with E-state index in [1.165, 1.54) is 38.6 Å². The maximum atomic E-state index is 6.03. The van der Waals surface area contributed by atoms with E-state index in [0.717, 1.165) is 25.6 Å². The Balaban J connectivity index is 1.74. The van der Waals surface area contributed by atoms with Gasteiger partial charge in [-0.2, -0.15) is 0 Å². The lowest BCUT2D eigenvalue weighted by Crippen LogP contribution is -2.58. The molecule has 2 atom stereocenters.